The number of hydrogen-bond acceptors (Lipinski definition) is 9. The molecule has 0 unspecified atom stereocenters. The number of nitrogens with zero attached hydrogens (tertiary/aromatic N) is 3. The van der Waals surface area contributed by atoms with Crippen LogP contribution in [0.5, 0.6) is 11.5 Å². The van der Waals surface area contributed by atoms with Crippen LogP contribution in [0.25, 0.3) is 6.08 Å². The first kappa shape index (κ1) is 27.3. The maximum Gasteiger partial charge on any atom is 0.338 e. The highest BCUT2D eigenvalue weighted by Gasteiger charge is 2.35. The Morgan fingerprint density at radius 3 is 2.71 bits per heavy atom. The lowest BCUT2D eigenvalue weighted by Crippen LogP contribution is -2.40. The lowest BCUT2D eigenvalue weighted by Gasteiger charge is -2.26. The molecule has 0 bridgehead atoms. The average molecular weight is 602 g/mol. The number of ether oxygens (including phenoxy) is 2. The van der Waals surface area contributed by atoms with Gasteiger partial charge in [0.2, 0.25) is 5.75 Å². The summed E-state index contributed by atoms with van der Waals surface area (Å²) in [6, 6.07) is 8.93. The molecule has 0 radical (unpaired) electrons. The molecule has 2 aromatic carbocycles. The number of carbonyl (C=O) groups excluding carboxylic acids is 1. The number of carbonyl (C=O) groups is 1. The molecule has 0 aliphatic carbocycles. The molecule has 0 saturated carbocycles. The molecule has 12 heteroatoms. The molecule has 1 N–H and O–H groups in total. The van der Waals surface area contributed by atoms with Crippen LogP contribution in [-0.2, 0) is 9.53 Å². The first-order valence-electron chi connectivity index (χ1n) is 11.7. The number of fused-ring (bicyclic) bond motifs is 1. The minimum absolute atomic E-state index is 0.118. The van der Waals surface area contributed by atoms with E-state index in [2.05, 4.69) is 15.9 Å². The second-order valence-electron chi connectivity index (χ2n) is 8.28. The fraction of sp³-hybridized carbons (Fsp3) is 0.269. The fourth-order valence-electron chi connectivity index (χ4n) is 4.29. The molecule has 198 valence electrons. The summed E-state index contributed by atoms with van der Waals surface area (Å²) in [4.78, 5) is 42.8. The third kappa shape index (κ3) is 5.01. The number of nitro benzene ring substituents is 1. The van der Waals surface area contributed by atoms with Crippen LogP contribution in [0.1, 0.15) is 43.9 Å². The summed E-state index contributed by atoms with van der Waals surface area (Å²) < 4.78 is 12.8. The third-order valence-corrected chi connectivity index (χ3v) is 7.47. The van der Waals surface area contributed by atoms with Gasteiger partial charge in [-0.3, -0.25) is 19.5 Å². The summed E-state index contributed by atoms with van der Waals surface area (Å²) >= 11 is 4.23. The van der Waals surface area contributed by atoms with Gasteiger partial charge in [-0.05, 0) is 53.0 Å². The highest BCUT2D eigenvalue weighted by atomic mass is 79.9. The quantitative estimate of drug-likeness (QED) is 0.234. The van der Waals surface area contributed by atoms with Gasteiger partial charge in [-0.1, -0.05) is 42.9 Å². The molecule has 1 aliphatic heterocycles. The normalized spacial score (nSPS) is 15.2. The molecular weight excluding hydrogens is 578 g/mol. The molecule has 0 spiro atoms. The summed E-state index contributed by atoms with van der Waals surface area (Å²) in [5.74, 6) is -0.583. The molecule has 1 aliphatic rings. The van der Waals surface area contributed by atoms with Gasteiger partial charge in [-0.25, -0.2) is 9.79 Å². The summed E-state index contributed by atoms with van der Waals surface area (Å²) in [5, 5.41) is 21.4. The van der Waals surface area contributed by atoms with Crippen LogP contribution in [0.4, 0.5) is 5.69 Å². The summed E-state index contributed by atoms with van der Waals surface area (Å²) in [7, 11) is 1.51. The number of phenols is 1. The molecule has 38 heavy (non-hydrogen) atoms. The molecule has 1 atom stereocenters. The van der Waals surface area contributed by atoms with E-state index in [0.29, 0.717) is 40.2 Å². The number of aromatic nitrogens is 1. The lowest BCUT2D eigenvalue weighted by atomic mass is 9.93. The Morgan fingerprint density at radius 2 is 2.05 bits per heavy atom. The van der Waals surface area contributed by atoms with Crippen molar-refractivity contribution >= 4 is 45.0 Å². The van der Waals surface area contributed by atoms with Crippen LogP contribution < -0.4 is 19.6 Å². The standard InChI is InChI=1S/C26H24BrN3O7S/c1-4-8-17-21(25(33)37-5-2)22(15-9-6-7-10-19(15)36-3)29-24(32)20(38-26(29)28-17)13-14-11-16(27)23(31)18(12-14)30(34)35/h6-7,9-13,22,31H,4-5,8H2,1-3H3/b20-13-/t22-/m0/s1. The number of nitro groups is 1. The molecular formula is C26H24BrN3O7S. The number of hydrogen-bond donors (Lipinski definition) is 1. The number of thiazole rings is 1. The SMILES string of the molecule is CCCC1=C(C(=O)OCC)[C@H](c2ccccc2OC)n2c(s/c(=C\c3cc(Br)c(O)c([N+](=O)[O-])c3)c2=O)=N1. The number of halogens is 1. The molecule has 1 aromatic heterocycles. The number of phenolic OH excluding ortho intramolecular Hbond substituents is 1. The van der Waals surface area contributed by atoms with E-state index < -0.39 is 33.9 Å². The van der Waals surface area contributed by atoms with Crippen LogP contribution in [0.2, 0.25) is 0 Å². The molecule has 0 amide bonds. The topological polar surface area (TPSA) is 133 Å². The second kappa shape index (κ2) is 11.3. The number of allylic oxidation sites excluding steroid dienone is 1. The molecule has 2 heterocycles. The largest absolute Gasteiger partial charge is 0.501 e. The average Bonchev–Trinajstić information content (AvgIpc) is 3.19. The highest BCUT2D eigenvalue weighted by Crippen LogP contribution is 2.37. The van der Waals surface area contributed by atoms with Crippen LogP contribution in [0.3, 0.4) is 0 Å². The summed E-state index contributed by atoms with van der Waals surface area (Å²) in [6.07, 6.45) is 2.69. The van der Waals surface area contributed by atoms with Crippen molar-refractivity contribution in [3.63, 3.8) is 0 Å². The van der Waals surface area contributed by atoms with Gasteiger partial charge >= 0.3 is 11.7 Å². The van der Waals surface area contributed by atoms with Crippen molar-refractivity contribution < 1.29 is 24.3 Å². The second-order valence-corrected chi connectivity index (χ2v) is 10.1. The molecule has 3 aromatic rings. The number of rotatable bonds is 8. The van der Waals surface area contributed by atoms with Gasteiger partial charge < -0.3 is 14.6 Å². The van der Waals surface area contributed by atoms with E-state index in [1.807, 2.05) is 6.92 Å². The van der Waals surface area contributed by atoms with Gasteiger partial charge in [0.15, 0.2) is 4.80 Å². The van der Waals surface area contributed by atoms with Crippen molar-refractivity contribution in [2.24, 2.45) is 4.99 Å². The number of aromatic hydroxyl groups is 1. The predicted molar refractivity (Wildman–Crippen MR) is 145 cm³/mol. The van der Waals surface area contributed by atoms with E-state index in [0.717, 1.165) is 11.3 Å². The van der Waals surface area contributed by atoms with Crippen LogP contribution in [-0.4, -0.2) is 34.3 Å². The number of esters is 1. The number of methoxy groups -OCH3 is 1. The van der Waals surface area contributed by atoms with Crippen LogP contribution in [0.15, 0.2) is 61.9 Å². The monoisotopic (exact) mass is 601 g/mol. The number of benzene rings is 2. The maximum atomic E-state index is 13.8. The van der Waals surface area contributed by atoms with Crippen molar-refractivity contribution in [3.8, 4) is 11.5 Å². The van der Waals surface area contributed by atoms with E-state index in [1.165, 1.54) is 29.9 Å². The summed E-state index contributed by atoms with van der Waals surface area (Å²) in [6.45, 7) is 3.83. The van der Waals surface area contributed by atoms with Gasteiger partial charge in [0, 0.05) is 11.6 Å². The van der Waals surface area contributed by atoms with Gasteiger partial charge in [-0.15, -0.1) is 0 Å². The minimum atomic E-state index is -0.856. The number of para-hydroxylation sites is 1. The Labute approximate surface area is 229 Å². The van der Waals surface area contributed by atoms with Gasteiger partial charge in [0.1, 0.15) is 11.8 Å². The van der Waals surface area contributed by atoms with Crippen molar-refractivity contribution in [2.45, 2.75) is 32.7 Å². The van der Waals surface area contributed by atoms with E-state index >= 15 is 0 Å². The Kier molecular flexibility index (Phi) is 8.12. The minimum Gasteiger partial charge on any atom is -0.501 e. The molecule has 0 saturated heterocycles. The Balaban J connectivity index is 2.03. The zero-order valence-corrected chi connectivity index (χ0v) is 23.2. The van der Waals surface area contributed by atoms with E-state index in [-0.39, 0.29) is 21.2 Å². The van der Waals surface area contributed by atoms with E-state index in [4.69, 9.17) is 14.5 Å². The summed E-state index contributed by atoms with van der Waals surface area (Å²) in [5.41, 5.74) is 0.781. The smallest absolute Gasteiger partial charge is 0.338 e. The van der Waals surface area contributed by atoms with Gasteiger partial charge in [-0.2, -0.15) is 0 Å². The lowest BCUT2D eigenvalue weighted by molar-refractivity contribution is -0.386. The fourth-order valence-corrected chi connectivity index (χ4v) is 5.77. The van der Waals surface area contributed by atoms with Crippen molar-refractivity contribution in [2.75, 3.05) is 13.7 Å². The van der Waals surface area contributed by atoms with E-state index in [1.54, 1.807) is 31.2 Å². The maximum absolute atomic E-state index is 13.8. The Morgan fingerprint density at radius 1 is 1.32 bits per heavy atom. The van der Waals surface area contributed by atoms with Crippen molar-refractivity contribution in [1.82, 2.24) is 4.57 Å². The zero-order valence-electron chi connectivity index (χ0n) is 20.8. The van der Waals surface area contributed by atoms with Crippen LogP contribution in [0, 0.1) is 10.1 Å². The van der Waals surface area contributed by atoms with Gasteiger partial charge in [0.05, 0.1) is 38.9 Å². The third-order valence-electron chi connectivity index (χ3n) is 5.89. The zero-order chi connectivity index (χ0) is 27.6. The first-order valence-corrected chi connectivity index (χ1v) is 13.3. The Hall–Kier alpha value is -3.77. The molecule has 10 nitrogen and oxygen atoms in total. The molecule has 0 fully saturated rings. The van der Waals surface area contributed by atoms with Gasteiger partial charge in [0.25, 0.3) is 5.56 Å². The highest BCUT2D eigenvalue weighted by molar-refractivity contribution is 9.10. The molecule has 4 rings (SSSR count). The van der Waals surface area contributed by atoms with Crippen molar-refractivity contribution in [3.05, 3.63) is 93.1 Å². The first-order chi connectivity index (χ1) is 18.2. The van der Waals surface area contributed by atoms with Crippen molar-refractivity contribution in [1.29, 1.82) is 0 Å². The van der Waals surface area contributed by atoms with Crippen LogP contribution >= 0.6 is 27.3 Å². The Bertz CT molecular complexity index is 1640. The predicted octanol–water partition coefficient (Wildman–Crippen LogP) is 3.96. The van der Waals surface area contributed by atoms with E-state index in [9.17, 15) is 24.8 Å².